The standard InChI is InChI=1S/C15H10ClN5O4/c16-6-3-1-5(2-4-6)7-8-11(19-15(25)20-12(8)22)17-10-9(7)18-14(24)21-13(10)23/h1-4,7H,(H2,18,21,23,24)(H3,17,19,20,22,25). The maximum Gasteiger partial charge on any atom is 0.327 e. The lowest BCUT2D eigenvalue weighted by Crippen LogP contribution is -2.36. The van der Waals surface area contributed by atoms with Crippen molar-refractivity contribution in [3.05, 3.63) is 87.8 Å². The van der Waals surface area contributed by atoms with Crippen LogP contribution in [0.25, 0.3) is 0 Å². The van der Waals surface area contributed by atoms with Crippen molar-refractivity contribution in [1.29, 1.82) is 0 Å². The largest absolute Gasteiger partial charge is 0.335 e. The second-order valence-electron chi connectivity index (χ2n) is 5.50. The van der Waals surface area contributed by atoms with Crippen LogP contribution in [0.1, 0.15) is 22.7 Å². The second kappa shape index (κ2) is 5.35. The molecule has 5 N–H and O–H groups in total. The van der Waals surface area contributed by atoms with Crippen LogP contribution in [0.2, 0.25) is 5.02 Å². The van der Waals surface area contributed by atoms with Gasteiger partial charge in [0.25, 0.3) is 11.1 Å². The van der Waals surface area contributed by atoms with Crippen LogP contribution in [0.4, 0.5) is 11.5 Å². The molecule has 0 saturated heterocycles. The Labute approximate surface area is 142 Å². The maximum absolute atomic E-state index is 12.4. The third kappa shape index (κ3) is 2.41. The van der Waals surface area contributed by atoms with Crippen molar-refractivity contribution in [1.82, 2.24) is 19.9 Å². The van der Waals surface area contributed by atoms with E-state index in [4.69, 9.17) is 11.6 Å². The summed E-state index contributed by atoms with van der Waals surface area (Å²) in [4.78, 5) is 57.2. The number of nitrogens with one attached hydrogen (secondary N) is 5. The monoisotopic (exact) mass is 359 g/mol. The summed E-state index contributed by atoms with van der Waals surface area (Å²) in [5.41, 5.74) is -1.64. The summed E-state index contributed by atoms with van der Waals surface area (Å²) in [7, 11) is 0. The van der Waals surface area contributed by atoms with E-state index in [9.17, 15) is 19.2 Å². The Morgan fingerprint density at radius 3 is 2.16 bits per heavy atom. The van der Waals surface area contributed by atoms with Gasteiger partial charge in [-0.1, -0.05) is 23.7 Å². The van der Waals surface area contributed by atoms with Gasteiger partial charge in [-0.2, -0.15) is 0 Å². The molecule has 1 atom stereocenters. The number of H-pyrrole nitrogens is 4. The lowest BCUT2D eigenvalue weighted by Gasteiger charge is -2.26. The Bertz CT molecular complexity index is 1220. The molecule has 0 radical (unpaired) electrons. The van der Waals surface area contributed by atoms with Crippen molar-refractivity contribution in [2.45, 2.75) is 5.92 Å². The molecule has 1 aliphatic heterocycles. The Morgan fingerprint density at radius 2 is 1.44 bits per heavy atom. The highest BCUT2D eigenvalue weighted by Gasteiger charge is 2.33. The van der Waals surface area contributed by atoms with E-state index in [1.165, 1.54) is 0 Å². The molecule has 3 aromatic rings. The number of anilines is 2. The number of halogens is 1. The molecule has 0 spiro atoms. The third-order valence-electron chi connectivity index (χ3n) is 3.98. The molecule has 1 aliphatic rings. The zero-order chi connectivity index (χ0) is 17.7. The van der Waals surface area contributed by atoms with E-state index in [1.807, 2.05) is 0 Å². The van der Waals surface area contributed by atoms with Crippen molar-refractivity contribution in [2.75, 3.05) is 5.32 Å². The molecule has 0 bridgehead atoms. The quantitative estimate of drug-likeness (QED) is 0.333. The van der Waals surface area contributed by atoms with Gasteiger partial charge in [0.15, 0.2) is 0 Å². The molecular formula is C15H10ClN5O4. The first-order chi connectivity index (χ1) is 11.9. The molecule has 4 rings (SSSR count). The van der Waals surface area contributed by atoms with Gasteiger partial charge in [-0.15, -0.1) is 0 Å². The predicted molar refractivity (Wildman–Crippen MR) is 91.0 cm³/mol. The van der Waals surface area contributed by atoms with Crippen LogP contribution in [-0.2, 0) is 0 Å². The molecule has 10 heteroatoms. The van der Waals surface area contributed by atoms with Gasteiger partial charge in [-0.05, 0) is 17.7 Å². The fraction of sp³-hybridized carbons (Fsp3) is 0.0667. The lowest BCUT2D eigenvalue weighted by atomic mass is 9.86. The van der Waals surface area contributed by atoms with Crippen LogP contribution in [0.5, 0.6) is 0 Å². The zero-order valence-electron chi connectivity index (χ0n) is 12.4. The van der Waals surface area contributed by atoms with Crippen LogP contribution in [-0.4, -0.2) is 19.9 Å². The summed E-state index contributed by atoms with van der Waals surface area (Å²) in [5.74, 6) is -0.669. The normalized spacial score (nSPS) is 15.2. The molecule has 1 aromatic carbocycles. The van der Waals surface area contributed by atoms with Crippen LogP contribution in [0.3, 0.4) is 0 Å². The molecule has 0 amide bonds. The first-order valence-corrected chi connectivity index (χ1v) is 7.57. The molecule has 9 nitrogen and oxygen atoms in total. The van der Waals surface area contributed by atoms with E-state index in [-0.39, 0.29) is 22.8 Å². The fourth-order valence-electron chi connectivity index (χ4n) is 2.97. The topological polar surface area (TPSA) is 143 Å². The SMILES string of the molecule is O=c1[nH]c2c(c(=O)[nH]1)Nc1[nH]c(=O)[nH]c(=O)c1C2c1ccc(Cl)cc1. The van der Waals surface area contributed by atoms with Crippen LogP contribution >= 0.6 is 11.6 Å². The Hall–Kier alpha value is -3.33. The highest BCUT2D eigenvalue weighted by molar-refractivity contribution is 6.30. The Morgan fingerprint density at radius 1 is 0.800 bits per heavy atom. The number of rotatable bonds is 1. The summed E-state index contributed by atoms with van der Waals surface area (Å²) in [5, 5.41) is 3.21. The van der Waals surface area contributed by atoms with Crippen LogP contribution < -0.4 is 27.8 Å². The van der Waals surface area contributed by atoms with Crippen molar-refractivity contribution in [3.63, 3.8) is 0 Å². The van der Waals surface area contributed by atoms with Crippen LogP contribution in [0.15, 0.2) is 43.4 Å². The van der Waals surface area contributed by atoms with Crippen molar-refractivity contribution in [2.24, 2.45) is 0 Å². The van der Waals surface area contributed by atoms with E-state index >= 15 is 0 Å². The minimum atomic E-state index is -0.765. The molecule has 0 aliphatic carbocycles. The minimum Gasteiger partial charge on any atom is -0.335 e. The van der Waals surface area contributed by atoms with Gasteiger partial charge in [0.05, 0.1) is 17.2 Å². The van der Waals surface area contributed by atoms with Gasteiger partial charge in [-0.25, -0.2) is 9.59 Å². The highest BCUT2D eigenvalue weighted by Crippen LogP contribution is 2.39. The highest BCUT2D eigenvalue weighted by atomic mass is 35.5. The average Bonchev–Trinajstić information content (AvgIpc) is 2.54. The third-order valence-corrected chi connectivity index (χ3v) is 4.23. The first-order valence-electron chi connectivity index (χ1n) is 7.19. The van der Waals surface area contributed by atoms with Crippen molar-refractivity contribution < 1.29 is 0 Å². The molecular weight excluding hydrogens is 350 g/mol. The van der Waals surface area contributed by atoms with Gasteiger partial charge in [0, 0.05) is 5.02 Å². The molecule has 1 unspecified atom stereocenters. The molecule has 0 saturated carbocycles. The first kappa shape index (κ1) is 15.2. The van der Waals surface area contributed by atoms with Crippen molar-refractivity contribution in [3.8, 4) is 0 Å². The number of fused-ring (bicyclic) bond motifs is 2. The summed E-state index contributed by atoms with van der Waals surface area (Å²) in [6.45, 7) is 0. The molecule has 2 aromatic heterocycles. The lowest BCUT2D eigenvalue weighted by molar-refractivity contribution is 0.826. The molecule has 126 valence electrons. The van der Waals surface area contributed by atoms with Crippen LogP contribution in [0, 0.1) is 0 Å². The van der Waals surface area contributed by atoms with Crippen molar-refractivity contribution >= 4 is 23.1 Å². The minimum absolute atomic E-state index is 0.0494. The molecule has 25 heavy (non-hydrogen) atoms. The number of aromatic nitrogens is 4. The van der Waals surface area contributed by atoms with E-state index < -0.39 is 28.4 Å². The smallest absolute Gasteiger partial charge is 0.327 e. The van der Waals surface area contributed by atoms with E-state index in [0.29, 0.717) is 10.6 Å². The fourth-order valence-corrected chi connectivity index (χ4v) is 3.10. The second-order valence-corrected chi connectivity index (χ2v) is 5.94. The summed E-state index contributed by atoms with van der Waals surface area (Å²) < 4.78 is 0. The summed E-state index contributed by atoms with van der Waals surface area (Å²) in [6, 6.07) is 6.61. The van der Waals surface area contributed by atoms with E-state index in [1.54, 1.807) is 24.3 Å². The van der Waals surface area contributed by atoms with Gasteiger partial charge >= 0.3 is 11.4 Å². The average molecular weight is 360 g/mol. The molecule has 0 fully saturated rings. The maximum atomic E-state index is 12.4. The number of hydrogen-bond donors (Lipinski definition) is 5. The number of benzene rings is 1. The van der Waals surface area contributed by atoms with Gasteiger partial charge < -0.3 is 10.3 Å². The van der Waals surface area contributed by atoms with E-state index in [2.05, 4.69) is 25.3 Å². The Kier molecular flexibility index (Phi) is 3.25. The van der Waals surface area contributed by atoms with Gasteiger partial charge in [0.2, 0.25) is 0 Å². The van der Waals surface area contributed by atoms with Gasteiger partial charge in [-0.3, -0.25) is 24.5 Å². The number of aromatic amines is 4. The summed E-state index contributed by atoms with van der Waals surface area (Å²) in [6.07, 6.45) is 0. The Balaban J connectivity index is 2.11. The van der Waals surface area contributed by atoms with E-state index in [0.717, 1.165) is 0 Å². The number of hydrogen-bond acceptors (Lipinski definition) is 5. The molecule has 3 heterocycles. The zero-order valence-corrected chi connectivity index (χ0v) is 13.2. The summed E-state index contributed by atoms with van der Waals surface area (Å²) >= 11 is 5.91. The predicted octanol–water partition coefficient (Wildman–Crippen LogP) is 0.330. The van der Waals surface area contributed by atoms with Gasteiger partial charge in [0.1, 0.15) is 11.5 Å².